The number of likely N-dealkylation sites (tertiary alicyclic amines) is 1. The number of benzene rings is 2. The lowest BCUT2D eigenvalue weighted by Crippen LogP contribution is -2.51. The summed E-state index contributed by atoms with van der Waals surface area (Å²) in [6.07, 6.45) is -13.0. The van der Waals surface area contributed by atoms with Gasteiger partial charge in [-0.25, -0.2) is 17.2 Å². The van der Waals surface area contributed by atoms with Gasteiger partial charge in [0.25, 0.3) is 0 Å². The number of carbonyl (C=O) groups excluding carboxylic acids is 1. The number of carbonyl (C=O) groups is 1. The van der Waals surface area contributed by atoms with E-state index in [1.807, 2.05) is 0 Å². The molecule has 1 fully saturated rings. The largest absolute Gasteiger partial charge is 0.435 e. The minimum absolute atomic E-state index is 0.167. The highest BCUT2D eigenvalue weighted by molar-refractivity contribution is 7.92. The fourth-order valence-corrected chi connectivity index (χ4v) is 6.38. The molecule has 1 atom stereocenters. The van der Waals surface area contributed by atoms with Crippen LogP contribution in [0, 0.1) is 5.82 Å². The van der Waals surface area contributed by atoms with Crippen LogP contribution < -0.4 is 5.73 Å². The van der Waals surface area contributed by atoms with Crippen molar-refractivity contribution >= 4 is 15.7 Å². The summed E-state index contributed by atoms with van der Waals surface area (Å²) in [5.41, 5.74) is -3.37. The van der Waals surface area contributed by atoms with Gasteiger partial charge in [-0.1, -0.05) is 24.3 Å². The van der Waals surface area contributed by atoms with Crippen molar-refractivity contribution in [1.82, 2.24) is 4.90 Å². The molecule has 3 rings (SSSR count). The quantitative estimate of drug-likeness (QED) is 0.424. The Hall–Kier alpha value is -2.74. The Labute approximate surface area is 207 Å². The molecule has 0 bridgehead atoms. The topological polar surface area (TPSA) is 80.5 Å². The molecule has 2 N–H and O–H groups in total. The van der Waals surface area contributed by atoms with Crippen LogP contribution >= 0.6 is 0 Å². The minimum Gasteiger partial charge on any atom is -0.339 e. The second-order valence-electron chi connectivity index (χ2n) is 9.38. The van der Waals surface area contributed by atoms with Gasteiger partial charge in [0.1, 0.15) is 10.6 Å². The normalized spacial score (nSPS) is 19.8. The van der Waals surface area contributed by atoms with Crippen molar-refractivity contribution in [2.24, 2.45) is 5.73 Å². The highest BCUT2D eigenvalue weighted by atomic mass is 32.2. The second kappa shape index (κ2) is 8.93. The van der Waals surface area contributed by atoms with Crippen LogP contribution in [0.4, 0.5) is 35.1 Å². The lowest BCUT2D eigenvalue weighted by atomic mass is 9.90. The Balaban J connectivity index is 2.19. The van der Waals surface area contributed by atoms with E-state index in [-0.39, 0.29) is 30.7 Å². The fourth-order valence-electron chi connectivity index (χ4n) is 4.30. The zero-order valence-corrected chi connectivity index (χ0v) is 20.2. The summed E-state index contributed by atoms with van der Waals surface area (Å²) in [6, 6.07) is 5.35. The van der Waals surface area contributed by atoms with Crippen LogP contribution in [0.5, 0.6) is 0 Å². The van der Waals surface area contributed by atoms with Gasteiger partial charge in [-0.2, -0.15) is 26.3 Å². The van der Waals surface area contributed by atoms with E-state index in [0.29, 0.717) is 12.1 Å². The maximum atomic E-state index is 14.5. The number of rotatable bonds is 5. The second-order valence-corrected chi connectivity index (χ2v) is 11.6. The molecule has 1 unspecified atom stereocenters. The van der Waals surface area contributed by atoms with Crippen LogP contribution in [0.3, 0.4) is 0 Å². The summed E-state index contributed by atoms with van der Waals surface area (Å²) in [5, 5.41) is 0. The lowest BCUT2D eigenvalue weighted by molar-refractivity contribution is -0.348. The molecule has 14 heteroatoms. The molecule has 0 aromatic heterocycles. The zero-order valence-electron chi connectivity index (χ0n) is 19.4. The number of hydrogen-bond donors (Lipinski definition) is 1. The molecule has 204 valence electrons. The zero-order chi connectivity index (χ0) is 28.2. The van der Waals surface area contributed by atoms with E-state index >= 15 is 0 Å². The highest BCUT2D eigenvalue weighted by Gasteiger charge is 2.73. The van der Waals surface area contributed by atoms with E-state index in [2.05, 4.69) is 0 Å². The SMILES string of the molecule is CC(C)(N)C(=O)N1CCC(c2ccc(C(F)(C(F)(F)F)C(F)(F)F)cc2)(S(=O)(=O)c2ccc(F)cc2)C1. The van der Waals surface area contributed by atoms with Crippen molar-refractivity contribution in [3.63, 3.8) is 0 Å². The van der Waals surface area contributed by atoms with Gasteiger partial charge in [0.05, 0.1) is 10.4 Å². The summed E-state index contributed by atoms with van der Waals surface area (Å²) in [7, 11) is -4.53. The number of nitrogens with zero attached hydrogens (tertiary/aromatic N) is 1. The lowest BCUT2D eigenvalue weighted by Gasteiger charge is -2.33. The molecule has 0 radical (unpaired) electrons. The molecule has 0 saturated carbocycles. The molecule has 0 aliphatic carbocycles. The monoisotopic (exact) mass is 558 g/mol. The van der Waals surface area contributed by atoms with Gasteiger partial charge in [0.15, 0.2) is 9.84 Å². The molecule has 1 aliphatic rings. The third kappa shape index (κ3) is 4.69. The van der Waals surface area contributed by atoms with Gasteiger partial charge in [-0.15, -0.1) is 0 Å². The Morgan fingerprint density at radius 3 is 1.81 bits per heavy atom. The molecule has 1 amide bonds. The summed E-state index contributed by atoms with van der Waals surface area (Å²) in [6.45, 7) is 2.02. The number of alkyl halides is 7. The molecular weight excluding hydrogens is 536 g/mol. The van der Waals surface area contributed by atoms with Crippen LogP contribution in [0.1, 0.15) is 31.4 Å². The highest BCUT2D eigenvalue weighted by Crippen LogP contribution is 2.53. The maximum Gasteiger partial charge on any atom is 0.435 e. The first kappa shape index (κ1) is 28.8. The van der Waals surface area contributed by atoms with Gasteiger partial charge in [0.2, 0.25) is 5.91 Å². The smallest absolute Gasteiger partial charge is 0.339 e. The molecule has 2 aromatic rings. The van der Waals surface area contributed by atoms with E-state index in [1.165, 1.54) is 13.8 Å². The average molecular weight is 558 g/mol. The van der Waals surface area contributed by atoms with Crippen LogP contribution in [-0.4, -0.2) is 50.2 Å². The molecular formula is C23H22F8N2O3S. The van der Waals surface area contributed by atoms with Crippen LogP contribution in [0.15, 0.2) is 53.4 Å². The molecule has 0 spiro atoms. The van der Waals surface area contributed by atoms with Crippen LogP contribution in [0.2, 0.25) is 0 Å². The molecule has 37 heavy (non-hydrogen) atoms. The van der Waals surface area contributed by atoms with Crippen molar-refractivity contribution in [2.75, 3.05) is 13.1 Å². The van der Waals surface area contributed by atoms with Gasteiger partial charge in [-0.3, -0.25) is 4.79 Å². The van der Waals surface area contributed by atoms with Crippen molar-refractivity contribution in [2.45, 2.75) is 53.5 Å². The van der Waals surface area contributed by atoms with E-state index in [0.717, 1.165) is 29.2 Å². The van der Waals surface area contributed by atoms with E-state index in [9.17, 15) is 48.3 Å². The Morgan fingerprint density at radius 2 is 1.38 bits per heavy atom. The number of sulfone groups is 1. The predicted molar refractivity (Wildman–Crippen MR) is 116 cm³/mol. The number of amides is 1. The summed E-state index contributed by atoms with van der Waals surface area (Å²) >= 11 is 0. The van der Waals surface area contributed by atoms with Gasteiger partial charge >= 0.3 is 18.0 Å². The van der Waals surface area contributed by atoms with Gasteiger partial charge < -0.3 is 10.6 Å². The van der Waals surface area contributed by atoms with E-state index < -0.39 is 66.9 Å². The third-order valence-electron chi connectivity index (χ3n) is 6.30. The molecule has 2 aromatic carbocycles. The van der Waals surface area contributed by atoms with Crippen molar-refractivity contribution in [3.05, 3.63) is 65.5 Å². The van der Waals surface area contributed by atoms with E-state index in [1.54, 1.807) is 0 Å². The first-order valence-electron chi connectivity index (χ1n) is 10.7. The van der Waals surface area contributed by atoms with Crippen molar-refractivity contribution in [1.29, 1.82) is 0 Å². The summed E-state index contributed by atoms with van der Waals surface area (Å²) in [5.74, 6) is -1.42. The van der Waals surface area contributed by atoms with Gasteiger partial charge in [0, 0.05) is 18.7 Å². The van der Waals surface area contributed by atoms with Crippen molar-refractivity contribution < 1.29 is 48.3 Å². The molecule has 1 saturated heterocycles. The van der Waals surface area contributed by atoms with Crippen molar-refractivity contribution in [3.8, 4) is 0 Å². The van der Waals surface area contributed by atoms with Crippen LogP contribution in [-0.2, 0) is 25.0 Å². The van der Waals surface area contributed by atoms with Crippen LogP contribution in [0.25, 0.3) is 0 Å². The van der Waals surface area contributed by atoms with Gasteiger partial charge in [-0.05, 0) is 50.1 Å². The first-order chi connectivity index (χ1) is 16.7. The number of halogens is 8. The minimum atomic E-state index is -6.35. The molecule has 1 heterocycles. The first-order valence-corrected chi connectivity index (χ1v) is 12.2. The summed E-state index contributed by atoms with van der Waals surface area (Å²) < 4.78 is 132. The standard InChI is InChI=1S/C23H22F8N2O3S/c1-19(2,32)18(34)33-12-11-20(13-33,37(35,36)17-9-7-16(24)8-10-17)14-3-5-15(6-4-14)21(25,22(26,27)28)23(29,30)31/h3-10H,11-13,32H2,1-2H3. The molecule has 5 nitrogen and oxygen atoms in total. The number of nitrogens with two attached hydrogens (primary N) is 1. The Bertz CT molecular complexity index is 1250. The predicted octanol–water partition coefficient (Wildman–Crippen LogP) is 4.75. The third-order valence-corrected chi connectivity index (χ3v) is 8.79. The Morgan fingerprint density at radius 1 is 0.892 bits per heavy atom. The summed E-state index contributed by atoms with van der Waals surface area (Å²) in [4.78, 5) is 13.5. The number of hydrogen-bond acceptors (Lipinski definition) is 4. The van der Waals surface area contributed by atoms with E-state index in [4.69, 9.17) is 5.73 Å². The average Bonchev–Trinajstić information content (AvgIpc) is 3.23. The molecule has 1 aliphatic heterocycles. The fraction of sp³-hybridized carbons (Fsp3) is 0.435. The maximum absolute atomic E-state index is 14.5. The Kier molecular flexibility index (Phi) is 6.96.